The van der Waals surface area contributed by atoms with Crippen molar-refractivity contribution in [3.05, 3.63) is 35.3 Å². The predicted octanol–water partition coefficient (Wildman–Crippen LogP) is 2.75. The lowest BCUT2D eigenvalue weighted by Gasteiger charge is -2.10. The minimum absolute atomic E-state index is 0.0264. The second-order valence-electron chi connectivity index (χ2n) is 4.39. The monoisotopic (exact) mass is 338 g/mol. The third kappa shape index (κ3) is 5.23. The Labute approximate surface area is 138 Å². The third-order valence-electron chi connectivity index (χ3n) is 2.68. The maximum atomic E-state index is 11.7. The predicted molar refractivity (Wildman–Crippen MR) is 89.1 cm³/mol. The second-order valence-corrected chi connectivity index (χ2v) is 6.47. The number of carbonyl (C=O) groups excluding carboxylic acids is 1. The highest BCUT2D eigenvalue weighted by Gasteiger charge is 2.06. The fourth-order valence-corrected chi connectivity index (χ4v) is 3.35. The average Bonchev–Trinajstić information content (AvgIpc) is 2.95. The van der Waals surface area contributed by atoms with Gasteiger partial charge in [-0.1, -0.05) is 23.9 Å². The highest BCUT2D eigenvalue weighted by Crippen LogP contribution is 2.25. The van der Waals surface area contributed by atoms with E-state index < -0.39 is 0 Å². The molecule has 0 spiro atoms. The Morgan fingerprint density at radius 2 is 2.14 bits per heavy atom. The lowest BCUT2D eigenvalue weighted by molar-refractivity contribution is -0.118. The van der Waals surface area contributed by atoms with Gasteiger partial charge < -0.3 is 14.8 Å². The first kappa shape index (κ1) is 16.6. The van der Waals surface area contributed by atoms with E-state index in [1.165, 1.54) is 11.8 Å². The summed E-state index contributed by atoms with van der Waals surface area (Å²) in [7, 11) is 1.60. The first-order valence-electron chi connectivity index (χ1n) is 6.76. The largest absolute Gasteiger partial charge is 0.493 e. The molecule has 0 aliphatic rings. The van der Waals surface area contributed by atoms with E-state index in [0.717, 1.165) is 10.0 Å². The summed E-state index contributed by atoms with van der Waals surface area (Å²) < 4.78 is 11.7. The summed E-state index contributed by atoms with van der Waals surface area (Å²) in [5.74, 6) is 1.69. The van der Waals surface area contributed by atoms with Crippen molar-refractivity contribution in [2.45, 2.75) is 11.3 Å². The van der Waals surface area contributed by atoms with Crippen LogP contribution in [0.15, 0.2) is 34.0 Å². The topological polar surface area (TPSA) is 60.5 Å². The molecule has 2 aromatic rings. The summed E-state index contributed by atoms with van der Waals surface area (Å²) >= 11 is 3.00. The molecule has 0 saturated heterocycles. The number of hydrogen-bond acceptors (Lipinski definition) is 6. The number of aryl methyl sites for hydroxylation is 1. The molecule has 0 saturated carbocycles. The zero-order valence-corrected chi connectivity index (χ0v) is 14.1. The van der Waals surface area contributed by atoms with Crippen molar-refractivity contribution in [2.75, 3.05) is 26.0 Å². The molecule has 1 heterocycles. The minimum Gasteiger partial charge on any atom is -0.493 e. The standard InChI is InChI=1S/C15H18N2O3S2/c1-11-9-21-15(17-11)22-10-14(18)16-7-8-20-13-6-4-3-5-12(13)19-2/h3-6,9H,7-8,10H2,1-2H3,(H,16,18). The molecule has 0 atom stereocenters. The van der Waals surface area contributed by atoms with Gasteiger partial charge in [0.15, 0.2) is 15.8 Å². The van der Waals surface area contributed by atoms with E-state index in [1.807, 2.05) is 36.6 Å². The Kier molecular flexibility index (Phi) is 6.54. The number of nitrogens with one attached hydrogen (secondary N) is 1. The van der Waals surface area contributed by atoms with Gasteiger partial charge in [0.1, 0.15) is 6.61 Å². The lowest BCUT2D eigenvalue weighted by Crippen LogP contribution is -2.29. The summed E-state index contributed by atoms with van der Waals surface area (Å²) in [6.45, 7) is 2.79. The number of rotatable bonds is 8. The van der Waals surface area contributed by atoms with E-state index in [1.54, 1.807) is 18.4 Å². The number of hydrogen-bond donors (Lipinski definition) is 1. The Morgan fingerprint density at radius 1 is 1.36 bits per heavy atom. The minimum atomic E-state index is -0.0264. The fourth-order valence-electron chi connectivity index (χ4n) is 1.67. The number of methoxy groups -OCH3 is 1. The molecule has 1 aromatic heterocycles. The van der Waals surface area contributed by atoms with Crippen molar-refractivity contribution in [3.8, 4) is 11.5 Å². The maximum Gasteiger partial charge on any atom is 0.230 e. The first-order chi connectivity index (χ1) is 10.7. The molecule has 118 valence electrons. The first-order valence-corrected chi connectivity index (χ1v) is 8.63. The molecule has 0 unspecified atom stereocenters. The quantitative estimate of drug-likeness (QED) is 0.592. The Balaban J connectivity index is 1.64. The normalized spacial score (nSPS) is 10.3. The fraction of sp³-hybridized carbons (Fsp3) is 0.333. The second kappa shape index (κ2) is 8.65. The van der Waals surface area contributed by atoms with Crippen molar-refractivity contribution in [1.82, 2.24) is 10.3 Å². The Bertz CT molecular complexity index is 616. The molecule has 0 bridgehead atoms. The highest BCUT2D eigenvalue weighted by atomic mass is 32.2. The van der Waals surface area contributed by atoms with E-state index in [0.29, 0.717) is 30.4 Å². The van der Waals surface area contributed by atoms with Crippen LogP contribution in [0.4, 0.5) is 0 Å². The van der Waals surface area contributed by atoms with Crippen LogP contribution < -0.4 is 14.8 Å². The van der Waals surface area contributed by atoms with Crippen LogP contribution in [0.3, 0.4) is 0 Å². The summed E-state index contributed by atoms with van der Waals surface area (Å²) in [6.07, 6.45) is 0. The number of carbonyl (C=O) groups is 1. The number of nitrogens with zero attached hydrogens (tertiary/aromatic N) is 1. The van der Waals surface area contributed by atoms with Crippen LogP contribution in [0.25, 0.3) is 0 Å². The van der Waals surface area contributed by atoms with Crippen LogP contribution in [-0.2, 0) is 4.79 Å². The number of thiazole rings is 1. The number of ether oxygens (including phenoxy) is 2. The van der Waals surface area contributed by atoms with Crippen LogP contribution in [0, 0.1) is 6.92 Å². The van der Waals surface area contributed by atoms with Gasteiger partial charge in [-0.3, -0.25) is 4.79 Å². The van der Waals surface area contributed by atoms with Crippen molar-refractivity contribution in [1.29, 1.82) is 0 Å². The molecule has 0 radical (unpaired) electrons. The van der Waals surface area contributed by atoms with Gasteiger partial charge in [0.2, 0.25) is 5.91 Å². The van der Waals surface area contributed by atoms with E-state index in [9.17, 15) is 4.79 Å². The smallest absolute Gasteiger partial charge is 0.230 e. The molecule has 0 fully saturated rings. The molecular formula is C15H18N2O3S2. The Hall–Kier alpha value is -1.73. The van der Waals surface area contributed by atoms with Crippen LogP contribution in [0.2, 0.25) is 0 Å². The zero-order chi connectivity index (χ0) is 15.8. The molecule has 22 heavy (non-hydrogen) atoms. The van der Waals surface area contributed by atoms with Crippen LogP contribution >= 0.6 is 23.1 Å². The Morgan fingerprint density at radius 3 is 2.82 bits per heavy atom. The molecule has 0 aliphatic carbocycles. The van der Waals surface area contributed by atoms with Crippen molar-refractivity contribution >= 4 is 29.0 Å². The van der Waals surface area contributed by atoms with Gasteiger partial charge in [-0.2, -0.15) is 0 Å². The van der Waals surface area contributed by atoms with Crippen LogP contribution in [-0.4, -0.2) is 36.9 Å². The average molecular weight is 338 g/mol. The summed E-state index contributed by atoms with van der Waals surface area (Å²) in [5, 5.41) is 4.79. The molecule has 1 aromatic carbocycles. The van der Waals surface area contributed by atoms with E-state index in [2.05, 4.69) is 10.3 Å². The number of aromatic nitrogens is 1. The van der Waals surface area contributed by atoms with Gasteiger partial charge in [-0.15, -0.1) is 11.3 Å². The molecule has 1 amide bonds. The van der Waals surface area contributed by atoms with Crippen LogP contribution in [0.5, 0.6) is 11.5 Å². The number of thioether (sulfide) groups is 1. The summed E-state index contributed by atoms with van der Waals surface area (Å²) in [5.41, 5.74) is 0.984. The third-order valence-corrected chi connectivity index (χ3v) is 4.81. The molecule has 7 heteroatoms. The molecule has 5 nitrogen and oxygen atoms in total. The molecule has 1 N–H and O–H groups in total. The number of amides is 1. The van der Waals surface area contributed by atoms with E-state index in [4.69, 9.17) is 9.47 Å². The number of para-hydroxylation sites is 2. The summed E-state index contributed by atoms with van der Waals surface area (Å²) in [6, 6.07) is 7.43. The zero-order valence-electron chi connectivity index (χ0n) is 12.5. The SMILES string of the molecule is COc1ccccc1OCCNC(=O)CSc1nc(C)cs1. The van der Waals surface area contributed by atoms with Gasteiger partial charge in [0.05, 0.1) is 19.4 Å². The van der Waals surface area contributed by atoms with Gasteiger partial charge in [-0.25, -0.2) is 4.98 Å². The highest BCUT2D eigenvalue weighted by molar-refractivity contribution is 8.01. The van der Waals surface area contributed by atoms with Crippen molar-refractivity contribution in [2.24, 2.45) is 0 Å². The molecule has 0 aliphatic heterocycles. The van der Waals surface area contributed by atoms with Gasteiger partial charge in [-0.05, 0) is 19.1 Å². The van der Waals surface area contributed by atoms with Crippen LogP contribution in [0.1, 0.15) is 5.69 Å². The van der Waals surface area contributed by atoms with E-state index >= 15 is 0 Å². The van der Waals surface area contributed by atoms with Gasteiger partial charge in [0.25, 0.3) is 0 Å². The molecular weight excluding hydrogens is 320 g/mol. The van der Waals surface area contributed by atoms with Gasteiger partial charge in [0, 0.05) is 11.1 Å². The van der Waals surface area contributed by atoms with Crippen molar-refractivity contribution < 1.29 is 14.3 Å². The number of benzene rings is 1. The maximum absolute atomic E-state index is 11.7. The van der Waals surface area contributed by atoms with E-state index in [-0.39, 0.29) is 5.91 Å². The summed E-state index contributed by atoms with van der Waals surface area (Å²) in [4.78, 5) is 16.0. The lowest BCUT2D eigenvalue weighted by atomic mass is 10.3. The molecule has 2 rings (SSSR count). The van der Waals surface area contributed by atoms with Crippen molar-refractivity contribution in [3.63, 3.8) is 0 Å². The van der Waals surface area contributed by atoms with Gasteiger partial charge >= 0.3 is 0 Å².